The van der Waals surface area contributed by atoms with Gasteiger partial charge in [0.05, 0.1) is 12.8 Å². The number of anilines is 2. The molecule has 0 aliphatic heterocycles. The van der Waals surface area contributed by atoms with Gasteiger partial charge in [-0.05, 0) is 25.0 Å². The van der Waals surface area contributed by atoms with Gasteiger partial charge in [-0.15, -0.1) is 0 Å². The maximum atomic E-state index is 12.6. The van der Waals surface area contributed by atoms with Gasteiger partial charge < -0.3 is 20.4 Å². The van der Waals surface area contributed by atoms with E-state index in [0.717, 1.165) is 18.6 Å². The Morgan fingerprint density at radius 1 is 1.65 bits per heavy atom. The molecule has 1 amide bonds. The van der Waals surface area contributed by atoms with Crippen LogP contribution in [0.3, 0.4) is 0 Å². The van der Waals surface area contributed by atoms with Crippen molar-refractivity contribution >= 4 is 28.2 Å². The van der Waals surface area contributed by atoms with Crippen molar-refractivity contribution in [2.75, 3.05) is 18.1 Å². The molecule has 20 heavy (non-hydrogen) atoms. The summed E-state index contributed by atoms with van der Waals surface area (Å²) in [7, 11) is 1.76. The van der Waals surface area contributed by atoms with Crippen molar-refractivity contribution in [3.63, 3.8) is 0 Å². The van der Waals surface area contributed by atoms with Crippen molar-refractivity contribution in [2.45, 2.75) is 25.4 Å². The van der Waals surface area contributed by atoms with E-state index in [2.05, 4.69) is 10.3 Å². The lowest BCUT2D eigenvalue weighted by Crippen LogP contribution is -2.32. The molecular weight excluding hydrogens is 276 g/mol. The Labute approximate surface area is 120 Å². The minimum atomic E-state index is -0.0691. The number of carbonyl (C=O) groups excluding carboxylic acids is 1. The molecule has 0 radical (unpaired) electrons. The number of hydrogen-bond acceptors (Lipinski definition) is 6. The van der Waals surface area contributed by atoms with E-state index >= 15 is 0 Å². The number of nitrogens with one attached hydrogen (secondary N) is 1. The maximum Gasteiger partial charge on any atom is 0.268 e. The number of nitrogens with two attached hydrogens (primary N) is 1. The van der Waals surface area contributed by atoms with Gasteiger partial charge in [-0.25, -0.2) is 4.98 Å². The topological polar surface area (TPSA) is 84.4 Å². The molecule has 1 fully saturated rings. The lowest BCUT2D eigenvalue weighted by Gasteiger charge is -2.20. The number of furan rings is 1. The van der Waals surface area contributed by atoms with E-state index in [4.69, 9.17) is 10.2 Å². The largest absolute Gasteiger partial charge is 0.467 e. The third kappa shape index (κ3) is 2.49. The van der Waals surface area contributed by atoms with Gasteiger partial charge in [0, 0.05) is 13.1 Å². The summed E-state index contributed by atoms with van der Waals surface area (Å²) < 4.78 is 5.33. The van der Waals surface area contributed by atoms with Crippen molar-refractivity contribution in [1.82, 2.24) is 9.88 Å². The highest BCUT2D eigenvalue weighted by Gasteiger charge is 2.35. The smallest absolute Gasteiger partial charge is 0.268 e. The van der Waals surface area contributed by atoms with E-state index in [9.17, 15) is 4.79 Å². The van der Waals surface area contributed by atoms with Crippen molar-refractivity contribution in [3.05, 3.63) is 29.0 Å². The van der Waals surface area contributed by atoms with Crippen LogP contribution < -0.4 is 11.1 Å². The molecule has 0 bridgehead atoms. The van der Waals surface area contributed by atoms with Crippen molar-refractivity contribution in [2.24, 2.45) is 0 Å². The molecule has 1 aliphatic carbocycles. The first-order chi connectivity index (χ1) is 9.69. The molecule has 1 aliphatic rings. The summed E-state index contributed by atoms with van der Waals surface area (Å²) in [5.41, 5.74) is 5.84. The number of aromatic nitrogens is 1. The zero-order chi connectivity index (χ0) is 14.1. The summed E-state index contributed by atoms with van der Waals surface area (Å²) in [6.07, 6.45) is 3.68. The predicted octanol–water partition coefficient (Wildman–Crippen LogP) is 2.16. The molecule has 0 aromatic carbocycles. The number of hydrogen-bond donors (Lipinski definition) is 2. The van der Waals surface area contributed by atoms with Gasteiger partial charge in [-0.3, -0.25) is 4.79 Å². The molecule has 0 unspecified atom stereocenters. The third-order valence-corrected chi connectivity index (χ3v) is 4.29. The Bertz CT molecular complexity index is 604. The Hall–Kier alpha value is -2.02. The molecule has 2 aromatic rings. The number of thiazole rings is 1. The molecule has 106 valence electrons. The van der Waals surface area contributed by atoms with Crippen molar-refractivity contribution in [1.29, 1.82) is 0 Å². The Morgan fingerprint density at radius 2 is 2.45 bits per heavy atom. The summed E-state index contributed by atoms with van der Waals surface area (Å²) >= 11 is 1.28. The molecule has 3 rings (SSSR count). The summed E-state index contributed by atoms with van der Waals surface area (Å²) in [6, 6.07) is 3.98. The molecule has 6 nitrogen and oxygen atoms in total. The third-order valence-electron chi connectivity index (χ3n) is 3.22. The van der Waals surface area contributed by atoms with E-state index in [1.54, 1.807) is 13.3 Å². The van der Waals surface area contributed by atoms with Crippen LogP contribution in [-0.4, -0.2) is 28.9 Å². The SMILES string of the molecule is CNc1nc(N)c(C(=O)N(Cc2ccco2)C2CC2)s1. The zero-order valence-corrected chi connectivity index (χ0v) is 11.9. The van der Waals surface area contributed by atoms with Crippen LogP contribution in [0, 0.1) is 0 Å². The summed E-state index contributed by atoms with van der Waals surface area (Å²) in [5, 5.41) is 3.56. The van der Waals surface area contributed by atoms with Gasteiger partial charge >= 0.3 is 0 Å². The summed E-state index contributed by atoms with van der Waals surface area (Å²) in [5.74, 6) is 0.997. The summed E-state index contributed by atoms with van der Waals surface area (Å²) in [4.78, 5) is 19.1. The highest BCUT2D eigenvalue weighted by molar-refractivity contribution is 7.18. The average Bonchev–Trinajstić information content (AvgIpc) is 3.01. The molecule has 3 N–H and O–H groups in total. The second-order valence-electron chi connectivity index (χ2n) is 4.73. The average molecular weight is 292 g/mol. The number of nitrogen functional groups attached to an aromatic ring is 1. The minimum absolute atomic E-state index is 0.0691. The number of nitrogens with zero attached hydrogens (tertiary/aromatic N) is 2. The number of rotatable bonds is 5. The van der Waals surface area contributed by atoms with Crippen LogP contribution in [0.25, 0.3) is 0 Å². The van der Waals surface area contributed by atoms with Gasteiger partial charge in [0.15, 0.2) is 5.13 Å². The zero-order valence-electron chi connectivity index (χ0n) is 11.1. The van der Waals surface area contributed by atoms with Crippen molar-refractivity contribution < 1.29 is 9.21 Å². The van der Waals surface area contributed by atoms with Gasteiger partial charge in [0.1, 0.15) is 16.5 Å². The first-order valence-electron chi connectivity index (χ1n) is 6.46. The van der Waals surface area contributed by atoms with E-state index in [-0.39, 0.29) is 17.8 Å². The maximum absolute atomic E-state index is 12.6. The number of amides is 1. The van der Waals surface area contributed by atoms with Gasteiger partial charge in [-0.2, -0.15) is 0 Å². The number of carbonyl (C=O) groups is 1. The highest BCUT2D eigenvalue weighted by Crippen LogP contribution is 2.33. The molecule has 7 heteroatoms. The monoisotopic (exact) mass is 292 g/mol. The van der Waals surface area contributed by atoms with E-state index in [1.165, 1.54) is 11.3 Å². The summed E-state index contributed by atoms with van der Waals surface area (Å²) in [6.45, 7) is 0.475. The first kappa shape index (κ1) is 13.0. The van der Waals surface area contributed by atoms with Crippen LogP contribution in [0.2, 0.25) is 0 Å². The van der Waals surface area contributed by atoms with Crippen LogP contribution >= 0.6 is 11.3 Å². The highest BCUT2D eigenvalue weighted by atomic mass is 32.1. The molecular formula is C13H16N4O2S. The fraction of sp³-hybridized carbons (Fsp3) is 0.385. The van der Waals surface area contributed by atoms with E-state index < -0.39 is 0 Å². The standard InChI is InChI=1S/C13H16N4O2S/c1-15-13-16-11(14)10(20-13)12(18)17(8-4-5-8)7-9-3-2-6-19-9/h2-3,6,8H,4-5,7,14H2,1H3,(H,15,16). The van der Waals surface area contributed by atoms with Crippen LogP contribution in [0.5, 0.6) is 0 Å². The van der Waals surface area contributed by atoms with E-state index in [1.807, 2.05) is 17.0 Å². The lowest BCUT2D eigenvalue weighted by molar-refractivity contribution is 0.0723. The van der Waals surface area contributed by atoms with Crippen LogP contribution in [0.1, 0.15) is 28.3 Å². The fourth-order valence-corrected chi connectivity index (χ4v) is 2.84. The molecule has 0 saturated heterocycles. The van der Waals surface area contributed by atoms with Crippen LogP contribution in [-0.2, 0) is 6.54 Å². The van der Waals surface area contributed by atoms with Crippen LogP contribution in [0.15, 0.2) is 22.8 Å². The van der Waals surface area contributed by atoms with Crippen LogP contribution in [0.4, 0.5) is 10.9 Å². The second kappa shape index (κ2) is 5.16. The lowest BCUT2D eigenvalue weighted by atomic mass is 10.3. The molecule has 1 saturated carbocycles. The quantitative estimate of drug-likeness (QED) is 0.882. The molecule has 2 aromatic heterocycles. The molecule has 0 atom stereocenters. The molecule has 2 heterocycles. The van der Waals surface area contributed by atoms with Crippen molar-refractivity contribution in [3.8, 4) is 0 Å². The van der Waals surface area contributed by atoms with E-state index in [0.29, 0.717) is 16.6 Å². The Kier molecular flexibility index (Phi) is 3.35. The van der Waals surface area contributed by atoms with Gasteiger partial charge in [-0.1, -0.05) is 11.3 Å². The fourth-order valence-electron chi connectivity index (χ4n) is 2.05. The van der Waals surface area contributed by atoms with Gasteiger partial charge in [0.2, 0.25) is 0 Å². The molecule has 0 spiro atoms. The predicted molar refractivity (Wildman–Crippen MR) is 77.7 cm³/mol. The Morgan fingerprint density at radius 3 is 3.00 bits per heavy atom. The van der Waals surface area contributed by atoms with Gasteiger partial charge in [0.25, 0.3) is 5.91 Å². The minimum Gasteiger partial charge on any atom is -0.467 e. The second-order valence-corrected chi connectivity index (χ2v) is 5.73. The Balaban J connectivity index is 1.83. The first-order valence-corrected chi connectivity index (χ1v) is 7.28. The normalized spacial score (nSPS) is 14.2.